The number of hydrogen-bond donors (Lipinski definition) is 2. The molecule has 0 rings (SSSR count). The molecule has 0 unspecified atom stereocenters. The second-order valence-corrected chi connectivity index (χ2v) is 14.6. The fourth-order valence-electron chi connectivity index (χ4n) is 6.61. The second-order valence-electron chi connectivity index (χ2n) is 14.6. The summed E-state index contributed by atoms with van der Waals surface area (Å²) in [4.78, 5) is 38.5. The normalized spacial score (nSPS) is 11.1. The summed E-state index contributed by atoms with van der Waals surface area (Å²) in [6, 6.07) is 0. The molecule has 0 aromatic heterocycles. The van der Waals surface area contributed by atoms with E-state index in [0.717, 1.165) is 25.7 Å². The van der Waals surface area contributed by atoms with Crippen LogP contribution in [0.1, 0.15) is 226 Å². The van der Waals surface area contributed by atoms with Gasteiger partial charge in [-0.3, -0.25) is 14.4 Å². The van der Waals surface area contributed by atoms with Crippen LogP contribution >= 0.6 is 0 Å². The molecule has 0 spiro atoms. The number of amides is 3. The summed E-state index contributed by atoms with van der Waals surface area (Å²) in [6.07, 6.45) is 40.6. The van der Waals surface area contributed by atoms with Crippen molar-refractivity contribution in [2.24, 2.45) is 0 Å². The molecule has 0 aliphatic heterocycles. The Morgan fingerprint density at radius 1 is 0.396 bits per heavy atom. The first-order valence-electron chi connectivity index (χ1n) is 21.3. The fraction of sp³-hybridized carbons (Fsp3) is 0.929. The van der Waals surface area contributed by atoms with Crippen molar-refractivity contribution in [2.75, 3.05) is 26.2 Å². The smallest absolute Gasteiger partial charge is 0.222 e. The number of rotatable bonds is 38. The van der Waals surface area contributed by atoms with Crippen LogP contribution in [0, 0.1) is 0 Å². The van der Waals surface area contributed by atoms with Gasteiger partial charge in [0.2, 0.25) is 17.7 Å². The van der Waals surface area contributed by atoms with Crippen LogP contribution in [0.4, 0.5) is 0 Å². The Bertz CT molecular complexity index is 714. The van der Waals surface area contributed by atoms with Crippen LogP contribution in [0.25, 0.3) is 0 Å². The van der Waals surface area contributed by atoms with Crippen LogP contribution < -0.4 is 10.6 Å². The van der Waals surface area contributed by atoms with Gasteiger partial charge in [0.05, 0.1) is 0 Å². The van der Waals surface area contributed by atoms with Gasteiger partial charge in [0.15, 0.2) is 0 Å². The monoisotopic (exact) mass is 678 g/mol. The average Bonchev–Trinajstić information content (AvgIpc) is 3.07. The number of hydrogen-bond acceptors (Lipinski definition) is 3. The minimum Gasteiger partial charge on any atom is -0.355 e. The van der Waals surface area contributed by atoms with E-state index in [9.17, 15) is 14.4 Å². The lowest BCUT2D eigenvalue weighted by Gasteiger charge is -2.23. The first-order valence-corrected chi connectivity index (χ1v) is 21.3. The highest BCUT2D eigenvalue weighted by Crippen LogP contribution is 2.15. The largest absolute Gasteiger partial charge is 0.355 e. The maximum absolute atomic E-state index is 13.0. The molecule has 0 heterocycles. The Morgan fingerprint density at radius 2 is 0.688 bits per heavy atom. The van der Waals surface area contributed by atoms with Crippen LogP contribution in [0.15, 0.2) is 0 Å². The minimum absolute atomic E-state index is 0.0818. The Kier molecular flexibility index (Phi) is 36.9. The Balaban J connectivity index is 3.85. The molecule has 0 aromatic rings. The van der Waals surface area contributed by atoms with Crippen LogP contribution in [-0.4, -0.2) is 48.8 Å². The third-order valence-electron chi connectivity index (χ3n) is 9.81. The van der Waals surface area contributed by atoms with Gasteiger partial charge in [0, 0.05) is 45.9 Å². The van der Waals surface area contributed by atoms with Crippen molar-refractivity contribution >= 4 is 17.7 Å². The lowest BCUT2D eigenvalue weighted by molar-refractivity contribution is -0.132. The van der Waals surface area contributed by atoms with Crippen molar-refractivity contribution < 1.29 is 14.4 Å². The maximum Gasteiger partial charge on any atom is 0.222 e. The summed E-state index contributed by atoms with van der Waals surface area (Å²) in [6.45, 7) is 7.97. The molecular weight excluding hydrogens is 594 g/mol. The number of carbonyl (C=O) groups excluding carboxylic acids is 3. The average molecular weight is 678 g/mol. The van der Waals surface area contributed by atoms with Crippen LogP contribution in [0.3, 0.4) is 0 Å². The van der Waals surface area contributed by atoms with Gasteiger partial charge in [0.25, 0.3) is 0 Å². The zero-order valence-corrected chi connectivity index (χ0v) is 32.6. The molecule has 0 aromatic carbocycles. The molecule has 6 nitrogen and oxygen atoms in total. The summed E-state index contributed by atoms with van der Waals surface area (Å²) >= 11 is 0. The molecule has 284 valence electrons. The zero-order chi connectivity index (χ0) is 35.2. The third kappa shape index (κ3) is 35.7. The topological polar surface area (TPSA) is 78.5 Å². The van der Waals surface area contributed by atoms with E-state index in [1.54, 1.807) is 0 Å². The van der Waals surface area contributed by atoms with Gasteiger partial charge >= 0.3 is 0 Å². The summed E-state index contributed by atoms with van der Waals surface area (Å²) < 4.78 is 0. The molecule has 0 bridgehead atoms. The highest BCUT2D eigenvalue weighted by molar-refractivity contribution is 5.77. The number of nitrogens with one attached hydrogen (secondary N) is 2. The Labute approximate surface area is 299 Å². The molecule has 48 heavy (non-hydrogen) atoms. The Hall–Kier alpha value is -1.59. The molecule has 0 fully saturated rings. The predicted molar refractivity (Wildman–Crippen MR) is 207 cm³/mol. The van der Waals surface area contributed by atoms with E-state index in [0.29, 0.717) is 39.0 Å². The highest BCUT2D eigenvalue weighted by atomic mass is 16.2. The number of nitrogens with zero attached hydrogens (tertiary/aromatic N) is 1. The summed E-state index contributed by atoms with van der Waals surface area (Å²) in [5, 5.41) is 5.82. The van der Waals surface area contributed by atoms with Gasteiger partial charge < -0.3 is 15.5 Å². The summed E-state index contributed by atoms with van der Waals surface area (Å²) in [7, 11) is 0. The van der Waals surface area contributed by atoms with Crippen molar-refractivity contribution in [3.05, 3.63) is 0 Å². The molecule has 0 saturated carbocycles. The van der Waals surface area contributed by atoms with E-state index in [4.69, 9.17) is 0 Å². The SMILES string of the molecule is CCCCCCCCCCCCCCCCCC(=O)NCCN(CCNC(C)=O)C(=O)CCCCCCCCCCCCCCCCC. The molecule has 3 amide bonds. The van der Waals surface area contributed by atoms with Crippen molar-refractivity contribution in [3.63, 3.8) is 0 Å². The number of carbonyl (C=O) groups is 3. The fourth-order valence-corrected chi connectivity index (χ4v) is 6.61. The van der Waals surface area contributed by atoms with Crippen LogP contribution in [-0.2, 0) is 14.4 Å². The van der Waals surface area contributed by atoms with Crippen LogP contribution in [0.2, 0.25) is 0 Å². The number of unbranched alkanes of at least 4 members (excludes halogenated alkanes) is 28. The molecule has 0 saturated heterocycles. The molecule has 0 radical (unpaired) electrons. The van der Waals surface area contributed by atoms with Gasteiger partial charge in [0.1, 0.15) is 0 Å². The van der Waals surface area contributed by atoms with Gasteiger partial charge in [-0.05, 0) is 12.8 Å². The summed E-state index contributed by atoms with van der Waals surface area (Å²) in [5.74, 6) is 0.134. The zero-order valence-electron chi connectivity index (χ0n) is 32.6. The molecule has 0 aliphatic rings. The molecule has 2 N–H and O–H groups in total. The van der Waals surface area contributed by atoms with Crippen molar-refractivity contribution in [3.8, 4) is 0 Å². The lowest BCUT2D eigenvalue weighted by atomic mass is 10.0. The van der Waals surface area contributed by atoms with E-state index in [2.05, 4.69) is 24.5 Å². The predicted octanol–water partition coefficient (Wildman–Crippen LogP) is 11.6. The highest BCUT2D eigenvalue weighted by Gasteiger charge is 2.13. The van der Waals surface area contributed by atoms with E-state index >= 15 is 0 Å². The lowest BCUT2D eigenvalue weighted by Crippen LogP contribution is -2.42. The molecular formula is C42H83N3O3. The second kappa shape index (κ2) is 38.2. The summed E-state index contributed by atoms with van der Waals surface area (Å²) in [5.41, 5.74) is 0. The van der Waals surface area contributed by atoms with E-state index < -0.39 is 0 Å². The first kappa shape index (κ1) is 46.4. The van der Waals surface area contributed by atoms with Gasteiger partial charge in [-0.2, -0.15) is 0 Å². The standard InChI is InChI=1S/C42H83N3O3/c1-4-6-8-10-12-14-16-18-20-22-24-26-28-30-32-34-41(47)44-37-39-45(38-36-43-40(3)46)42(48)35-33-31-29-27-25-23-21-19-17-15-13-11-9-7-5-2/h4-39H2,1-3H3,(H,43,46)(H,44,47). The van der Waals surface area contributed by atoms with Gasteiger partial charge in [-0.25, -0.2) is 0 Å². The van der Waals surface area contributed by atoms with E-state index in [1.807, 2.05) is 4.90 Å². The van der Waals surface area contributed by atoms with Crippen LogP contribution in [0.5, 0.6) is 0 Å². The van der Waals surface area contributed by atoms with Gasteiger partial charge in [-0.15, -0.1) is 0 Å². The molecule has 0 aliphatic carbocycles. The third-order valence-corrected chi connectivity index (χ3v) is 9.81. The van der Waals surface area contributed by atoms with E-state index in [1.165, 1.54) is 174 Å². The van der Waals surface area contributed by atoms with Gasteiger partial charge in [-0.1, -0.05) is 194 Å². The minimum atomic E-state index is -0.0818. The quantitative estimate of drug-likeness (QED) is 0.0638. The van der Waals surface area contributed by atoms with Crippen molar-refractivity contribution in [2.45, 2.75) is 226 Å². The Morgan fingerprint density at radius 3 is 1.02 bits per heavy atom. The van der Waals surface area contributed by atoms with Crippen molar-refractivity contribution in [1.29, 1.82) is 0 Å². The maximum atomic E-state index is 13.0. The first-order chi connectivity index (χ1) is 23.5. The molecule has 6 heteroatoms. The molecule has 0 atom stereocenters. The van der Waals surface area contributed by atoms with Crippen molar-refractivity contribution in [1.82, 2.24) is 15.5 Å². The van der Waals surface area contributed by atoms with E-state index in [-0.39, 0.29) is 17.7 Å².